The highest BCUT2D eigenvalue weighted by atomic mass is 79.9. The molecule has 198 valence electrons. The lowest BCUT2D eigenvalue weighted by Crippen LogP contribution is -2.41. The molecule has 11 heteroatoms. The monoisotopic (exact) mass is 597 g/mol. The normalized spacial score (nSPS) is 16.3. The Morgan fingerprint density at radius 1 is 1.24 bits per heavy atom. The number of alkyl carbamates (subject to hydrolysis) is 1. The Hall–Kier alpha value is -3.31. The number of aliphatic carboxylic acids is 1. The minimum Gasteiger partial charge on any atom is -0.481 e. The van der Waals surface area contributed by atoms with E-state index in [0.717, 1.165) is 39.4 Å². The molecule has 4 aromatic rings. The highest BCUT2D eigenvalue weighted by Crippen LogP contribution is 2.41. The van der Waals surface area contributed by atoms with Gasteiger partial charge in [0.25, 0.3) is 0 Å². The van der Waals surface area contributed by atoms with Crippen LogP contribution in [0.5, 0.6) is 0 Å². The Bertz CT molecular complexity index is 1430. The van der Waals surface area contributed by atoms with Crippen molar-refractivity contribution in [2.75, 3.05) is 13.2 Å². The number of nitrogens with one attached hydrogen (secondary N) is 2. The van der Waals surface area contributed by atoms with E-state index in [2.05, 4.69) is 65.5 Å². The predicted octanol–water partition coefficient (Wildman–Crippen LogP) is 5.98. The summed E-state index contributed by atoms with van der Waals surface area (Å²) in [5, 5.41) is 30.1. The average Bonchev–Trinajstić information content (AvgIpc) is 3.69. The molecule has 2 unspecified atom stereocenters. The van der Waals surface area contributed by atoms with Crippen LogP contribution in [-0.4, -0.2) is 50.9 Å². The lowest BCUT2D eigenvalue weighted by molar-refractivity contribution is -0.148. The number of carboxylic acid groups (broad SMARTS) is 1. The molecule has 38 heavy (non-hydrogen) atoms. The van der Waals surface area contributed by atoms with E-state index in [-0.39, 0.29) is 25.0 Å². The van der Waals surface area contributed by atoms with E-state index in [0.29, 0.717) is 18.7 Å². The summed E-state index contributed by atoms with van der Waals surface area (Å²) in [6.07, 6.45) is 2.23. The van der Waals surface area contributed by atoms with Crippen molar-refractivity contribution in [1.82, 2.24) is 25.9 Å². The molecule has 0 radical (unpaired) electrons. The van der Waals surface area contributed by atoms with E-state index in [9.17, 15) is 14.7 Å². The zero-order valence-electron chi connectivity index (χ0n) is 20.8. The zero-order valence-corrected chi connectivity index (χ0v) is 23.2. The van der Waals surface area contributed by atoms with Crippen molar-refractivity contribution in [3.8, 4) is 11.4 Å². The molecule has 5 rings (SSSR count). The first-order valence-electron chi connectivity index (χ1n) is 12.5. The Morgan fingerprint density at radius 2 is 2.03 bits per heavy atom. The molecule has 1 saturated carbocycles. The molecule has 2 atom stereocenters. The Balaban J connectivity index is 1.40. The van der Waals surface area contributed by atoms with Gasteiger partial charge in [0.1, 0.15) is 0 Å². The maximum Gasteiger partial charge on any atom is 0.407 e. The van der Waals surface area contributed by atoms with Crippen LogP contribution in [0.3, 0.4) is 0 Å². The van der Waals surface area contributed by atoms with Crippen LogP contribution in [-0.2, 0) is 9.53 Å². The fourth-order valence-corrected chi connectivity index (χ4v) is 6.93. The van der Waals surface area contributed by atoms with Gasteiger partial charge < -0.3 is 15.2 Å². The van der Waals surface area contributed by atoms with E-state index >= 15 is 0 Å². The van der Waals surface area contributed by atoms with Crippen LogP contribution in [0.2, 0.25) is 0 Å². The van der Waals surface area contributed by atoms with Crippen LogP contribution in [0.4, 0.5) is 4.79 Å². The molecule has 2 aromatic heterocycles. The number of H-pyrrole nitrogens is 1. The quantitative estimate of drug-likeness (QED) is 0.216. The van der Waals surface area contributed by atoms with Crippen LogP contribution < -0.4 is 5.32 Å². The number of amides is 1. The van der Waals surface area contributed by atoms with Crippen LogP contribution in [0, 0.1) is 11.3 Å². The van der Waals surface area contributed by atoms with Gasteiger partial charge >= 0.3 is 12.1 Å². The van der Waals surface area contributed by atoms with E-state index in [4.69, 9.17) is 4.74 Å². The van der Waals surface area contributed by atoms with Crippen molar-refractivity contribution in [3.05, 3.63) is 63.4 Å². The molecule has 1 amide bonds. The van der Waals surface area contributed by atoms with Gasteiger partial charge in [-0.15, -0.1) is 16.4 Å². The third-order valence-corrected chi connectivity index (χ3v) is 9.36. The third-order valence-electron chi connectivity index (χ3n) is 7.44. The maximum absolute atomic E-state index is 12.6. The number of fused-ring (bicyclic) bond motifs is 1. The summed E-state index contributed by atoms with van der Waals surface area (Å²) >= 11 is 5.33. The van der Waals surface area contributed by atoms with Gasteiger partial charge in [-0.1, -0.05) is 50.1 Å². The number of nitrogens with zero attached hydrogens (tertiary/aromatic N) is 3. The molecule has 9 nitrogen and oxygen atoms in total. The topological polar surface area (TPSA) is 130 Å². The molecule has 1 aliphatic carbocycles. The minimum atomic E-state index is -0.902. The largest absolute Gasteiger partial charge is 0.481 e. The van der Waals surface area contributed by atoms with Crippen LogP contribution in [0.25, 0.3) is 21.5 Å². The number of aromatic nitrogens is 4. The van der Waals surface area contributed by atoms with Crippen molar-refractivity contribution in [3.63, 3.8) is 0 Å². The lowest BCUT2D eigenvalue weighted by atomic mass is 9.79. The van der Waals surface area contributed by atoms with Crippen LogP contribution in [0.15, 0.2) is 52.3 Å². The van der Waals surface area contributed by atoms with Gasteiger partial charge in [-0.25, -0.2) is 9.89 Å². The van der Waals surface area contributed by atoms with E-state index < -0.39 is 17.5 Å². The summed E-state index contributed by atoms with van der Waals surface area (Å²) in [6, 6.07) is 14.3. The number of rotatable bonds is 9. The van der Waals surface area contributed by atoms with Crippen LogP contribution in [0.1, 0.15) is 49.7 Å². The van der Waals surface area contributed by atoms with Gasteiger partial charge in [0, 0.05) is 43.9 Å². The van der Waals surface area contributed by atoms with E-state index in [1.807, 2.05) is 31.2 Å². The van der Waals surface area contributed by atoms with Gasteiger partial charge in [0.05, 0.1) is 12.0 Å². The summed E-state index contributed by atoms with van der Waals surface area (Å²) in [6.45, 7) is 2.25. The summed E-state index contributed by atoms with van der Waals surface area (Å²) in [5.41, 5.74) is 2.04. The lowest BCUT2D eigenvalue weighted by Gasteiger charge is -2.27. The van der Waals surface area contributed by atoms with E-state index in [1.54, 1.807) is 11.3 Å². The fourth-order valence-electron chi connectivity index (χ4n) is 5.39. The number of hydrogen-bond donors (Lipinski definition) is 3. The highest BCUT2D eigenvalue weighted by Gasteiger charge is 2.41. The minimum absolute atomic E-state index is 0.0726. The van der Waals surface area contributed by atoms with Gasteiger partial charge in [-0.05, 0) is 62.5 Å². The Kier molecular flexibility index (Phi) is 7.75. The van der Waals surface area contributed by atoms with Crippen molar-refractivity contribution in [2.45, 2.75) is 38.5 Å². The first kappa shape index (κ1) is 26.3. The second kappa shape index (κ2) is 11.2. The highest BCUT2D eigenvalue weighted by molar-refractivity contribution is 9.10. The number of benzene rings is 2. The molecular formula is C27H28BrN5O4S. The maximum atomic E-state index is 12.6. The number of hydrogen-bond acceptors (Lipinski definition) is 7. The summed E-state index contributed by atoms with van der Waals surface area (Å²) in [5.74, 6) is -0.560. The van der Waals surface area contributed by atoms with Gasteiger partial charge in [0.15, 0.2) is 5.82 Å². The van der Waals surface area contributed by atoms with Crippen molar-refractivity contribution in [1.29, 1.82) is 0 Å². The first-order chi connectivity index (χ1) is 18.4. The molecule has 0 spiro atoms. The second-order valence-electron chi connectivity index (χ2n) is 9.88. The van der Waals surface area contributed by atoms with Crippen molar-refractivity contribution >= 4 is 49.4 Å². The van der Waals surface area contributed by atoms with E-state index in [1.165, 1.54) is 4.70 Å². The third kappa shape index (κ3) is 5.30. The number of thiophene rings is 1. The van der Waals surface area contributed by atoms with Gasteiger partial charge in [0.2, 0.25) is 0 Å². The Morgan fingerprint density at radius 3 is 2.76 bits per heavy atom. The smallest absolute Gasteiger partial charge is 0.407 e. The number of carbonyl (C=O) groups is 2. The number of ether oxygens (including phenoxy) is 1. The molecule has 1 aliphatic rings. The molecule has 0 aliphatic heterocycles. The van der Waals surface area contributed by atoms with Crippen molar-refractivity contribution in [2.24, 2.45) is 11.3 Å². The molecule has 2 aromatic carbocycles. The number of tetrazole rings is 1. The number of aromatic amines is 1. The molecule has 1 fully saturated rings. The SMILES string of the molecule is CC(COC(=O)NCC1(C(=O)O)CCCC1)C(c1ccc2scc(Br)c2c1)c1ccccc1-c1nnn[nH]1. The molecular weight excluding hydrogens is 570 g/mol. The van der Waals surface area contributed by atoms with Crippen molar-refractivity contribution < 1.29 is 19.4 Å². The Labute approximate surface area is 232 Å². The summed E-state index contributed by atoms with van der Waals surface area (Å²) in [4.78, 5) is 24.5. The second-order valence-corrected chi connectivity index (χ2v) is 11.6. The molecule has 0 bridgehead atoms. The van der Waals surface area contributed by atoms with Gasteiger partial charge in [-0.3, -0.25) is 4.79 Å². The molecule has 0 saturated heterocycles. The fraction of sp³-hybridized carbons (Fsp3) is 0.370. The number of carboxylic acids is 1. The predicted molar refractivity (Wildman–Crippen MR) is 148 cm³/mol. The summed E-state index contributed by atoms with van der Waals surface area (Å²) < 4.78 is 7.85. The first-order valence-corrected chi connectivity index (χ1v) is 14.2. The summed E-state index contributed by atoms with van der Waals surface area (Å²) in [7, 11) is 0. The molecule has 3 N–H and O–H groups in total. The zero-order chi connectivity index (χ0) is 26.7. The standard InChI is InChI=1S/C27H28BrN5O4S/c1-16(13-37-26(36)29-15-27(25(34)35)10-4-5-11-27)23(17-8-9-22-20(12-17)21(28)14-38-22)18-6-2-3-7-19(18)24-30-32-33-31-24/h2-3,6-9,12,14,16,23H,4-5,10-11,13,15H2,1H3,(H,29,36)(H,34,35)(H,30,31,32,33). The molecule has 2 heterocycles. The average molecular weight is 599 g/mol. The number of carbonyl (C=O) groups excluding carboxylic acids is 1. The van der Waals surface area contributed by atoms with Crippen LogP contribution >= 0.6 is 27.3 Å². The van der Waals surface area contributed by atoms with Gasteiger partial charge in [-0.2, -0.15) is 0 Å². The number of halogens is 1.